The Morgan fingerprint density at radius 1 is 1.00 bits per heavy atom. The fourth-order valence-electron chi connectivity index (χ4n) is 2.99. The molecule has 146 valence electrons. The van der Waals surface area contributed by atoms with E-state index >= 15 is 0 Å². The third kappa shape index (κ3) is 5.98. The van der Waals surface area contributed by atoms with Gasteiger partial charge in [0.25, 0.3) is 0 Å². The number of benzene rings is 2. The Balaban J connectivity index is 1.54. The maximum absolute atomic E-state index is 4.69. The lowest BCUT2D eigenvalue weighted by molar-refractivity contribution is 0.694. The van der Waals surface area contributed by atoms with Crippen molar-refractivity contribution in [1.29, 1.82) is 0 Å². The molecule has 0 aliphatic carbocycles. The van der Waals surface area contributed by atoms with Gasteiger partial charge in [-0.25, -0.2) is 9.98 Å². The average molecular weight is 376 g/mol. The van der Waals surface area contributed by atoms with Crippen LogP contribution in [0.2, 0.25) is 0 Å². The van der Waals surface area contributed by atoms with Crippen molar-refractivity contribution < 1.29 is 0 Å². The zero-order valence-corrected chi connectivity index (χ0v) is 16.7. The van der Waals surface area contributed by atoms with Gasteiger partial charge >= 0.3 is 0 Å². The second-order valence-electron chi connectivity index (χ2n) is 6.81. The van der Waals surface area contributed by atoms with Gasteiger partial charge in [-0.05, 0) is 25.0 Å². The Hall–Kier alpha value is -3.08. The largest absolute Gasteiger partial charge is 0.357 e. The van der Waals surface area contributed by atoms with Gasteiger partial charge in [0.05, 0.1) is 6.54 Å². The van der Waals surface area contributed by atoms with Gasteiger partial charge in [-0.15, -0.1) is 0 Å². The Kier molecular flexibility index (Phi) is 7.24. The van der Waals surface area contributed by atoms with Gasteiger partial charge in [0, 0.05) is 38.4 Å². The molecule has 0 saturated carbocycles. The van der Waals surface area contributed by atoms with Crippen molar-refractivity contribution in [3.8, 4) is 0 Å². The molecule has 0 aliphatic heterocycles. The summed E-state index contributed by atoms with van der Waals surface area (Å²) in [5, 5.41) is 6.73. The molecule has 2 N–H and O–H groups in total. The fourth-order valence-corrected chi connectivity index (χ4v) is 2.99. The van der Waals surface area contributed by atoms with Crippen LogP contribution in [0.3, 0.4) is 0 Å². The van der Waals surface area contributed by atoms with Crippen molar-refractivity contribution >= 4 is 5.96 Å². The minimum Gasteiger partial charge on any atom is -0.357 e. The van der Waals surface area contributed by atoms with Gasteiger partial charge in [-0.2, -0.15) is 0 Å². The van der Waals surface area contributed by atoms with Crippen LogP contribution in [0.15, 0.2) is 72.0 Å². The monoisotopic (exact) mass is 375 g/mol. The number of rotatable bonds is 8. The SMILES string of the molecule is CCNC(=NCc1ccc(C)cc1)NCCc1nccn1Cc1ccccc1. The van der Waals surface area contributed by atoms with Gasteiger partial charge < -0.3 is 15.2 Å². The van der Waals surface area contributed by atoms with Crippen LogP contribution in [0, 0.1) is 6.92 Å². The molecule has 0 saturated heterocycles. The van der Waals surface area contributed by atoms with E-state index in [-0.39, 0.29) is 0 Å². The molecule has 0 aliphatic rings. The third-order valence-electron chi connectivity index (χ3n) is 4.52. The molecular weight excluding hydrogens is 346 g/mol. The molecule has 0 amide bonds. The molecule has 0 fully saturated rings. The normalized spacial score (nSPS) is 11.4. The first kappa shape index (κ1) is 19.7. The van der Waals surface area contributed by atoms with Gasteiger partial charge in [-0.3, -0.25) is 0 Å². The lowest BCUT2D eigenvalue weighted by Gasteiger charge is -2.12. The fraction of sp³-hybridized carbons (Fsp3) is 0.304. The first-order valence-electron chi connectivity index (χ1n) is 9.86. The first-order valence-corrected chi connectivity index (χ1v) is 9.86. The van der Waals surface area contributed by atoms with E-state index in [1.807, 2.05) is 18.5 Å². The van der Waals surface area contributed by atoms with Crippen LogP contribution in [0.1, 0.15) is 29.4 Å². The van der Waals surface area contributed by atoms with E-state index in [2.05, 4.69) is 87.6 Å². The summed E-state index contributed by atoms with van der Waals surface area (Å²) in [5.74, 6) is 1.91. The van der Waals surface area contributed by atoms with Gasteiger partial charge in [0.15, 0.2) is 5.96 Å². The lowest BCUT2D eigenvalue weighted by Crippen LogP contribution is -2.38. The van der Waals surface area contributed by atoms with Crippen molar-refractivity contribution in [2.45, 2.75) is 33.4 Å². The van der Waals surface area contributed by atoms with Gasteiger partial charge in [-0.1, -0.05) is 60.2 Å². The Morgan fingerprint density at radius 3 is 2.54 bits per heavy atom. The zero-order valence-electron chi connectivity index (χ0n) is 16.7. The predicted molar refractivity (Wildman–Crippen MR) is 115 cm³/mol. The lowest BCUT2D eigenvalue weighted by atomic mass is 10.1. The molecule has 3 aromatic rings. The van der Waals surface area contributed by atoms with Crippen molar-refractivity contribution in [2.24, 2.45) is 4.99 Å². The maximum Gasteiger partial charge on any atom is 0.191 e. The number of hydrogen-bond acceptors (Lipinski definition) is 2. The van der Waals surface area contributed by atoms with Crippen molar-refractivity contribution in [3.63, 3.8) is 0 Å². The number of hydrogen-bond donors (Lipinski definition) is 2. The highest BCUT2D eigenvalue weighted by Crippen LogP contribution is 2.06. The second kappa shape index (κ2) is 10.3. The van der Waals surface area contributed by atoms with Crippen LogP contribution in [-0.4, -0.2) is 28.6 Å². The number of nitrogens with zero attached hydrogens (tertiary/aromatic N) is 3. The molecule has 1 aromatic heterocycles. The molecule has 5 nitrogen and oxygen atoms in total. The van der Waals surface area contributed by atoms with E-state index in [9.17, 15) is 0 Å². The number of aliphatic imine (C=N–C) groups is 1. The average Bonchev–Trinajstić information content (AvgIpc) is 3.15. The highest BCUT2D eigenvalue weighted by molar-refractivity contribution is 5.79. The van der Waals surface area contributed by atoms with E-state index in [4.69, 9.17) is 0 Å². The van der Waals surface area contributed by atoms with Crippen molar-refractivity contribution in [2.75, 3.05) is 13.1 Å². The Labute approximate surface area is 167 Å². The number of aryl methyl sites for hydroxylation is 1. The molecular formula is C23H29N5. The number of aromatic nitrogens is 2. The molecule has 1 heterocycles. The molecule has 3 rings (SSSR count). The summed E-state index contributed by atoms with van der Waals surface area (Å²) in [4.78, 5) is 9.21. The summed E-state index contributed by atoms with van der Waals surface area (Å²) in [7, 11) is 0. The third-order valence-corrected chi connectivity index (χ3v) is 4.52. The van der Waals surface area contributed by atoms with Gasteiger partial charge in [0.1, 0.15) is 5.82 Å². The number of guanidine groups is 1. The number of imidazole rings is 1. The molecule has 2 aromatic carbocycles. The van der Waals surface area contributed by atoms with Crippen molar-refractivity contribution in [1.82, 2.24) is 20.2 Å². The molecule has 5 heteroatoms. The standard InChI is InChI=1S/C23H29N5/c1-3-24-23(27-17-20-11-9-19(2)10-12-20)26-14-13-22-25-15-16-28(22)18-21-7-5-4-6-8-21/h4-12,15-16H,3,13-14,17-18H2,1-2H3,(H2,24,26,27). The summed E-state index contributed by atoms with van der Waals surface area (Å²) in [6.07, 6.45) is 4.75. The molecule has 0 spiro atoms. The van der Waals surface area contributed by atoms with Gasteiger partial charge in [0.2, 0.25) is 0 Å². The smallest absolute Gasteiger partial charge is 0.191 e. The second-order valence-corrected chi connectivity index (χ2v) is 6.81. The van der Waals surface area contributed by atoms with E-state index < -0.39 is 0 Å². The summed E-state index contributed by atoms with van der Waals surface area (Å²) >= 11 is 0. The highest BCUT2D eigenvalue weighted by atomic mass is 15.2. The van der Waals surface area contributed by atoms with Crippen LogP contribution in [0.4, 0.5) is 0 Å². The summed E-state index contributed by atoms with van der Waals surface area (Å²) in [5.41, 5.74) is 3.76. The maximum atomic E-state index is 4.69. The van der Waals surface area contributed by atoms with E-state index in [1.54, 1.807) is 0 Å². The van der Waals surface area contributed by atoms with Crippen molar-refractivity contribution in [3.05, 3.63) is 89.5 Å². The topological polar surface area (TPSA) is 54.2 Å². The molecule has 0 radical (unpaired) electrons. The Bertz CT molecular complexity index is 866. The van der Waals surface area contributed by atoms with E-state index in [0.717, 1.165) is 37.8 Å². The quantitative estimate of drug-likeness (QED) is 0.468. The minimum atomic E-state index is 0.665. The Morgan fingerprint density at radius 2 is 1.79 bits per heavy atom. The molecule has 28 heavy (non-hydrogen) atoms. The molecule has 0 atom stereocenters. The first-order chi connectivity index (χ1) is 13.7. The van der Waals surface area contributed by atoms with Crippen LogP contribution >= 0.6 is 0 Å². The number of nitrogens with one attached hydrogen (secondary N) is 2. The summed E-state index contributed by atoms with van der Waals surface area (Å²) in [6.45, 7) is 7.31. The molecule has 0 bridgehead atoms. The zero-order chi connectivity index (χ0) is 19.6. The summed E-state index contributed by atoms with van der Waals surface area (Å²) < 4.78 is 2.20. The van der Waals surface area contributed by atoms with Crippen LogP contribution in [-0.2, 0) is 19.5 Å². The molecule has 0 unspecified atom stereocenters. The highest BCUT2D eigenvalue weighted by Gasteiger charge is 2.05. The van der Waals surface area contributed by atoms with E-state index in [1.165, 1.54) is 16.7 Å². The van der Waals surface area contributed by atoms with Crippen LogP contribution in [0.25, 0.3) is 0 Å². The minimum absolute atomic E-state index is 0.665. The summed E-state index contributed by atoms with van der Waals surface area (Å²) in [6, 6.07) is 19.0. The predicted octanol–water partition coefficient (Wildman–Crippen LogP) is 3.54. The van der Waals surface area contributed by atoms with Crippen LogP contribution in [0.5, 0.6) is 0 Å². The van der Waals surface area contributed by atoms with Crippen LogP contribution < -0.4 is 10.6 Å². The van der Waals surface area contributed by atoms with E-state index in [0.29, 0.717) is 6.54 Å².